The lowest BCUT2D eigenvalue weighted by Gasteiger charge is -2.15. The van der Waals surface area contributed by atoms with Gasteiger partial charge < -0.3 is 9.47 Å². The summed E-state index contributed by atoms with van der Waals surface area (Å²) < 4.78 is 11.3. The van der Waals surface area contributed by atoms with E-state index in [1.165, 1.54) is 11.8 Å². The van der Waals surface area contributed by atoms with E-state index in [-0.39, 0.29) is 17.8 Å². The highest BCUT2D eigenvalue weighted by molar-refractivity contribution is 6.76. The molecule has 0 radical (unpaired) electrons. The molecule has 0 amide bonds. The van der Waals surface area contributed by atoms with E-state index in [0.29, 0.717) is 6.61 Å². The summed E-state index contributed by atoms with van der Waals surface area (Å²) in [6.45, 7) is 7.66. The Morgan fingerprint density at radius 3 is 2.67 bits per heavy atom. The van der Waals surface area contributed by atoms with Crippen molar-refractivity contribution in [3.63, 3.8) is 0 Å². The predicted molar refractivity (Wildman–Crippen MR) is 70.5 cm³/mol. The van der Waals surface area contributed by atoms with Gasteiger partial charge in [0.05, 0.1) is 7.11 Å². The van der Waals surface area contributed by atoms with Gasteiger partial charge in [-0.15, -0.1) is 5.10 Å². The van der Waals surface area contributed by atoms with Crippen LogP contribution in [0.4, 0.5) is 0 Å². The molecule has 6 nitrogen and oxygen atoms in total. The Morgan fingerprint density at radius 1 is 1.44 bits per heavy atom. The molecule has 8 heteroatoms. The van der Waals surface area contributed by atoms with Crippen molar-refractivity contribution in [3.05, 3.63) is 11.1 Å². The van der Waals surface area contributed by atoms with E-state index in [4.69, 9.17) is 16.3 Å². The second-order valence-electron chi connectivity index (χ2n) is 5.04. The maximum absolute atomic E-state index is 11.2. The van der Waals surface area contributed by atoms with Gasteiger partial charge in [-0.1, -0.05) is 19.6 Å². The monoisotopic (exact) mass is 291 g/mol. The van der Waals surface area contributed by atoms with Crippen molar-refractivity contribution in [2.45, 2.75) is 32.4 Å². The molecule has 1 rings (SSSR count). The molecule has 0 aliphatic heterocycles. The van der Waals surface area contributed by atoms with Crippen LogP contribution in [-0.4, -0.2) is 42.5 Å². The van der Waals surface area contributed by atoms with Crippen molar-refractivity contribution in [2.24, 2.45) is 0 Å². The summed E-state index contributed by atoms with van der Waals surface area (Å²) in [6, 6.07) is 1.06. The second kappa shape index (κ2) is 6.30. The van der Waals surface area contributed by atoms with Gasteiger partial charge in [-0.3, -0.25) is 0 Å². The number of aromatic nitrogens is 3. The standard InChI is InChI=1S/C10H18ClN3O3Si/c1-16-9(15)8-12-10(11)14(13-8)7-17-5-6-18(2,3)4/h5-7H2,1-4H3. The minimum absolute atomic E-state index is 0.0590. The lowest BCUT2D eigenvalue weighted by atomic mass is 10.6. The van der Waals surface area contributed by atoms with Crippen LogP contribution in [-0.2, 0) is 16.2 Å². The van der Waals surface area contributed by atoms with E-state index in [0.717, 1.165) is 6.04 Å². The molecule has 0 fully saturated rings. The minimum Gasteiger partial charge on any atom is -0.463 e. The fourth-order valence-corrected chi connectivity index (χ4v) is 2.04. The maximum atomic E-state index is 11.2. The zero-order valence-electron chi connectivity index (χ0n) is 11.1. The highest BCUT2D eigenvalue weighted by Gasteiger charge is 2.16. The van der Waals surface area contributed by atoms with Gasteiger partial charge in [0.1, 0.15) is 6.73 Å². The molecule has 18 heavy (non-hydrogen) atoms. The fraction of sp³-hybridized carbons (Fsp3) is 0.700. The van der Waals surface area contributed by atoms with E-state index in [1.807, 2.05) is 0 Å². The normalized spacial score (nSPS) is 11.6. The first-order valence-corrected chi connectivity index (χ1v) is 9.68. The van der Waals surface area contributed by atoms with Gasteiger partial charge in [0.2, 0.25) is 5.28 Å². The van der Waals surface area contributed by atoms with Gasteiger partial charge in [-0.05, 0) is 17.6 Å². The van der Waals surface area contributed by atoms with Crippen LogP contribution in [0.1, 0.15) is 10.6 Å². The van der Waals surface area contributed by atoms with Gasteiger partial charge >= 0.3 is 5.97 Å². The predicted octanol–water partition coefficient (Wildman–Crippen LogP) is 2.03. The molecule has 0 atom stereocenters. The Balaban J connectivity index is 2.48. The van der Waals surface area contributed by atoms with Crippen LogP contribution in [0.5, 0.6) is 0 Å². The van der Waals surface area contributed by atoms with Crippen LogP contribution in [0.25, 0.3) is 0 Å². The first-order chi connectivity index (χ1) is 8.33. The number of carbonyl (C=O) groups is 1. The van der Waals surface area contributed by atoms with E-state index in [9.17, 15) is 4.79 Å². The van der Waals surface area contributed by atoms with Crippen LogP contribution >= 0.6 is 11.6 Å². The van der Waals surface area contributed by atoms with Gasteiger partial charge in [0, 0.05) is 14.7 Å². The molecule has 1 aromatic heterocycles. The fourth-order valence-electron chi connectivity index (χ4n) is 1.11. The first-order valence-electron chi connectivity index (χ1n) is 5.60. The Morgan fingerprint density at radius 2 is 2.11 bits per heavy atom. The molecule has 1 aromatic rings. The SMILES string of the molecule is COC(=O)c1nc(Cl)n(COCC[Si](C)(C)C)n1. The van der Waals surface area contributed by atoms with Crippen molar-refractivity contribution in [1.82, 2.24) is 14.8 Å². The summed E-state index contributed by atoms with van der Waals surface area (Å²) in [6.07, 6.45) is 0. The van der Waals surface area contributed by atoms with Crippen molar-refractivity contribution < 1.29 is 14.3 Å². The van der Waals surface area contributed by atoms with E-state index >= 15 is 0 Å². The molecular weight excluding hydrogens is 274 g/mol. The Labute approximate surface area is 112 Å². The van der Waals surface area contributed by atoms with Crippen LogP contribution in [0.2, 0.25) is 31.0 Å². The summed E-state index contributed by atoms with van der Waals surface area (Å²) in [5, 5.41) is 4.01. The van der Waals surface area contributed by atoms with Gasteiger partial charge in [0.25, 0.3) is 5.82 Å². The van der Waals surface area contributed by atoms with Crippen LogP contribution < -0.4 is 0 Å². The zero-order valence-corrected chi connectivity index (χ0v) is 12.8. The molecule has 102 valence electrons. The number of hydrogen-bond donors (Lipinski definition) is 0. The van der Waals surface area contributed by atoms with Crippen molar-refractivity contribution >= 4 is 25.6 Å². The van der Waals surface area contributed by atoms with Gasteiger partial charge in [-0.25, -0.2) is 9.48 Å². The average molecular weight is 292 g/mol. The zero-order chi connectivity index (χ0) is 13.8. The molecule has 0 bridgehead atoms. The molecule has 1 heterocycles. The molecule has 0 unspecified atom stereocenters. The molecule has 0 aromatic carbocycles. The third kappa shape index (κ3) is 4.75. The van der Waals surface area contributed by atoms with Crippen molar-refractivity contribution in [1.29, 1.82) is 0 Å². The average Bonchev–Trinajstić information content (AvgIpc) is 2.64. The number of halogens is 1. The summed E-state index contributed by atoms with van der Waals surface area (Å²) in [4.78, 5) is 15.0. The van der Waals surface area contributed by atoms with Crippen LogP contribution in [0.3, 0.4) is 0 Å². The van der Waals surface area contributed by atoms with E-state index in [2.05, 4.69) is 34.5 Å². The number of esters is 1. The summed E-state index contributed by atoms with van der Waals surface area (Å²) in [5.74, 6) is -0.672. The second-order valence-corrected chi connectivity index (χ2v) is 11.0. The van der Waals surface area contributed by atoms with Gasteiger partial charge in [0.15, 0.2) is 0 Å². The number of methoxy groups -OCH3 is 1. The topological polar surface area (TPSA) is 66.2 Å². The Bertz CT molecular complexity index is 417. The lowest BCUT2D eigenvalue weighted by molar-refractivity contribution is 0.0578. The third-order valence-corrected chi connectivity index (χ3v) is 4.19. The number of nitrogens with zero attached hydrogens (tertiary/aromatic N) is 3. The van der Waals surface area contributed by atoms with Crippen LogP contribution in [0, 0.1) is 0 Å². The van der Waals surface area contributed by atoms with E-state index in [1.54, 1.807) is 0 Å². The number of ether oxygens (including phenoxy) is 2. The molecular formula is C10H18ClN3O3Si. The summed E-state index contributed by atoms with van der Waals surface area (Å²) >= 11 is 5.83. The number of carbonyl (C=O) groups excluding carboxylic acids is 1. The highest BCUT2D eigenvalue weighted by atomic mass is 35.5. The molecule has 0 saturated carbocycles. The first kappa shape index (κ1) is 15.1. The largest absolute Gasteiger partial charge is 0.463 e. The van der Waals surface area contributed by atoms with Crippen LogP contribution in [0.15, 0.2) is 0 Å². The molecule has 0 saturated heterocycles. The quantitative estimate of drug-likeness (QED) is 0.456. The molecule has 0 aliphatic rings. The lowest BCUT2D eigenvalue weighted by Crippen LogP contribution is -2.22. The smallest absolute Gasteiger partial charge is 0.378 e. The highest BCUT2D eigenvalue weighted by Crippen LogP contribution is 2.10. The molecule has 0 aliphatic carbocycles. The van der Waals surface area contributed by atoms with Crippen molar-refractivity contribution in [2.75, 3.05) is 13.7 Å². The van der Waals surface area contributed by atoms with Gasteiger partial charge in [-0.2, -0.15) is 4.98 Å². The number of hydrogen-bond acceptors (Lipinski definition) is 5. The molecule has 0 N–H and O–H groups in total. The maximum Gasteiger partial charge on any atom is 0.378 e. The van der Waals surface area contributed by atoms with E-state index < -0.39 is 14.0 Å². The number of rotatable bonds is 6. The minimum atomic E-state index is -1.10. The Hall–Kier alpha value is -0.923. The summed E-state index contributed by atoms with van der Waals surface area (Å²) in [5.41, 5.74) is 0. The Kier molecular flexibility index (Phi) is 5.30. The third-order valence-electron chi connectivity index (χ3n) is 2.20. The van der Waals surface area contributed by atoms with Crippen molar-refractivity contribution in [3.8, 4) is 0 Å². The summed E-state index contributed by atoms with van der Waals surface area (Å²) in [7, 11) is 0.160. The molecule has 0 spiro atoms.